The molecule has 0 saturated heterocycles. The van der Waals surface area contributed by atoms with Gasteiger partial charge in [-0.05, 0) is 31.1 Å². The SMILES string of the molecule is CC(C)=C/C(=C\c1ccccc1)CO. The van der Waals surface area contributed by atoms with Crippen molar-refractivity contribution >= 4 is 6.08 Å². The molecule has 0 aliphatic heterocycles. The Kier molecular flexibility index (Phi) is 4.14. The molecule has 0 radical (unpaired) electrons. The maximum absolute atomic E-state index is 9.12. The molecule has 0 heterocycles. The van der Waals surface area contributed by atoms with Crippen molar-refractivity contribution in [3.05, 3.63) is 53.1 Å². The van der Waals surface area contributed by atoms with Crippen molar-refractivity contribution in [3.8, 4) is 0 Å². The van der Waals surface area contributed by atoms with Crippen molar-refractivity contribution in [1.82, 2.24) is 0 Å². The third-order valence-corrected chi connectivity index (χ3v) is 1.81. The zero-order valence-electron chi connectivity index (χ0n) is 8.70. The number of aliphatic hydroxyl groups excluding tert-OH is 1. The van der Waals surface area contributed by atoms with Crippen LogP contribution in [0.4, 0.5) is 0 Å². The summed E-state index contributed by atoms with van der Waals surface area (Å²) in [4.78, 5) is 0. The summed E-state index contributed by atoms with van der Waals surface area (Å²) in [6.45, 7) is 4.13. The van der Waals surface area contributed by atoms with Crippen LogP contribution < -0.4 is 0 Å². The first kappa shape index (κ1) is 10.7. The van der Waals surface area contributed by atoms with Gasteiger partial charge < -0.3 is 5.11 Å². The third kappa shape index (κ3) is 3.58. The van der Waals surface area contributed by atoms with Crippen LogP contribution in [0.3, 0.4) is 0 Å². The minimum absolute atomic E-state index is 0.0834. The molecule has 74 valence electrons. The maximum Gasteiger partial charge on any atom is 0.0682 e. The topological polar surface area (TPSA) is 20.2 Å². The first-order chi connectivity index (χ1) is 6.72. The highest BCUT2D eigenvalue weighted by Crippen LogP contribution is 2.08. The fourth-order valence-corrected chi connectivity index (χ4v) is 1.27. The molecular formula is C13H16O. The van der Waals surface area contributed by atoms with Crippen molar-refractivity contribution in [2.45, 2.75) is 13.8 Å². The van der Waals surface area contributed by atoms with E-state index in [-0.39, 0.29) is 6.61 Å². The molecule has 0 aliphatic carbocycles. The van der Waals surface area contributed by atoms with Gasteiger partial charge in [0.1, 0.15) is 0 Å². The summed E-state index contributed by atoms with van der Waals surface area (Å²) < 4.78 is 0. The molecule has 1 rings (SSSR count). The van der Waals surface area contributed by atoms with Crippen molar-refractivity contribution in [2.75, 3.05) is 6.61 Å². The van der Waals surface area contributed by atoms with Crippen LogP contribution in [-0.4, -0.2) is 11.7 Å². The van der Waals surface area contributed by atoms with Crippen LogP contribution in [0.15, 0.2) is 47.6 Å². The summed E-state index contributed by atoms with van der Waals surface area (Å²) in [5.41, 5.74) is 3.26. The average molecular weight is 188 g/mol. The van der Waals surface area contributed by atoms with Gasteiger partial charge in [0.2, 0.25) is 0 Å². The average Bonchev–Trinajstić information content (AvgIpc) is 2.17. The Hall–Kier alpha value is -1.34. The van der Waals surface area contributed by atoms with Crippen LogP contribution in [0.2, 0.25) is 0 Å². The maximum atomic E-state index is 9.12. The molecule has 0 bridgehead atoms. The van der Waals surface area contributed by atoms with Crippen LogP contribution >= 0.6 is 0 Å². The van der Waals surface area contributed by atoms with Crippen LogP contribution in [0.1, 0.15) is 19.4 Å². The van der Waals surface area contributed by atoms with E-state index in [1.54, 1.807) is 0 Å². The zero-order chi connectivity index (χ0) is 10.4. The summed E-state index contributed by atoms with van der Waals surface area (Å²) in [6.07, 6.45) is 3.99. The van der Waals surface area contributed by atoms with Gasteiger partial charge >= 0.3 is 0 Å². The van der Waals surface area contributed by atoms with E-state index in [2.05, 4.69) is 0 Å². The Morgan fingerprint density at radius 1 is 1.21 bits per heavy atom. The number of aliphatic hydroxyl groups is 1. The van der Waals surface area contributed by atoms with E-state index in [1.807, 2.05) is 56.3 Å². The lowest BCUT2D eigenvalue weighted by molar-refractivity contribution is 0.336. The van der Waals surface area contributed by atoms with Crippen LogP contribution in [0.5, 0.6) is 0 Å². The zero-order valence-corrected chi connectivity index (χ0v) is 8.70. The van der Waals surface area contributed by atoms with Gasteiger partial charge in [0.25, 0.3) is 0 Å². The molecule has 0 unspecified atom stereocenters. The van der Waals surface area contributed by atoms with Gasteiger partial charge in [0, 0.05) is 0 Å². The minimum Gasteiger partial charge on any atom is -0.392 e. The van der Waals surface area contributed by atoms with Gasteiger partial charge in [-0.15, -0.1) is 0 Å². The van der Waals surface area contributed by atoms with Gasteiger partial charge in [-0.25, -0.2) is 0 Å². The molecule has 1 heteroatoms. The molecular weight excluding hydrogens is 172 g/mol. The van der Waals surface area contributed by atoms with Crippen LogP contribution in [0, 0.1) is 0 Å². The van der Waals surface area contributed by atoms with E-state index in [0.717, 1.165) is 11.1 Å². The van der Waals surface area contributed by atoms with Gasteiger partial charge in [-0.1, -0.05) is 42.0 Å². The summed E-state index contributed by atoms with van der Waals surface area (Å²) >= 11 is 0. The first-order valence-corrected chi connectivity index (χ1v) is 4.74. The minimum atomic E-state index is 0.0834. The standard InChI is InChI=1S/C13H16O/c1-11(2)8-13(10-14)9-12-6-4-3-5-7-12/h3-9,14H,10H2,1-2H3/b13-9+. The number of benzene rings is 1. The van der Waals surface area contributed by atoms with E-state index in [0.29, 0.717) is 0 Å². The summed E-state index contributed by atoms with van der Waals surface area (Å²) in [6, 6.07) is 10.0. The molecule has 1 aromatic rings. The van der Waals surface area contributed by atoms with Gasteiger partial charge in [0.05, 0.1) is 6.61 Å². The van der Waals surface area contributed by atoms with Crippen molar-refractivity contribution in [1.29, 1.82) is 0 Å². The largest absolute Gasteiger partial charge is 0.392 e. The van der Waals surface area contributed by atoms with E-state index in [9.17, 15) is 0 Å². The van der Waals surface area contributed by atoms with Crippen LogP contribution in [-0.2, 0) is 0 Å². The second-order valence-electron chi connectivity index (χ2n) is 3.51. The Labute approximate surface area is 85.4 Å². The number of hydrogen-bond donors (Lipinski definition) is 1. The predicted molar refractivity (Wildman–Crippen MR) is 60.9 cm³/mol. The van der Waals surface area contributed by atoms with Crippen LogP contribution in [0.25, 0.3) is 6.08 Å². The molecule has 1 aromatic carbocycles. The Morgan fingerprint density at radius 3 is 2.36 bits per heavy atom. The summed E-state index contributed by atoms with van der Waals surface area (Å²) in [7, 11) is 0. The number of hydrogen-bond acceptors (Lipinski definition) is 1. The lowest BCUT2D eigenvalue weighted by Crippen LogP contribution is -1.87. The highest BCUT2D eigenvalue weighted by atomic mass is 16.3. The summed E-state index contributed by atoms with van der Waals surface area (Å²) in [5, 5.41) is 9.12. The molecule has 0 aliphatic rings. The van der Waals surface area contributed by atoms with E-state index < -0.39 is 0 Å². The molecule has 0 fully saturated rings. The lowest BCUT2D eigenvalue weighted by Gasteiger charge is -1.99. The Bertz CT molecular complexity index is 330. The monoisotopic (exact) mass is 188 g/mol. The Balaban J connectivity index is 2.90. The van der Waals surface area contributed by atoms with E-state index in [1.165, 1.54) is 5.57 Å². The van der Waals surface area contributed by atoms with E-state index in [4.69, 9.17) is 5.11 Å². The normalized spacial score (nSPS) is 11.2. The fourth-order valence-electron chi connectivity index (χ4n) is 1.27. The van der Waals surface area contributed by atoms with Gasteiger partial charge in [-0.3, -0.25) is 0 Å². The van der Waals surface area contributed by atoms with Crippen molar-refractivity contribution in [2.24, 2.45) is 0 Å². The molecule has 0 amide bonds. The quantitative estimate of drug-likeness (QED) is 0.723. The molecule has 0 spiro atoms. The molecule has 0 aromatic heterocycles. The highest BCUT2D eigenvalue weighted by Gasteiger charge is 1.91. The van der Waals surface area contributed by atoms with Crippen molar-refractivity contribution in [3.63, 3.8) is 0 Å². The molecule has 1 N–H and O–H groups in total. The molecule has 1 nitrogen and oxygen atoms in total. The first-order valence-electron chi connectivity index (χ1n) is 4.74. The van der Waals surface area contributed by atoms with Gasteiger partial charge in [0.15, 0.2) is 0 Å². The van der Waals surface area contributed by atoms with E-state index >= 15 is 0 Å². The third-order valence-electron chi connectivity index (χ3n) is 1.81. The summed E-state index contributed by atoms with van der Waals surface area (Å²) in [5.74, 6) is 0. The lowest BCUT2D eigenvalue weighted by atomic mass is 10.1. The van der Waals surface area contributed by atoms with Gasteiger partial charge in [-0.2, -0.15) is 0 Å². The van der Waals surface area contributed by atoms with Crippen molar-refractivity contribution < 1.29 is 5.11 Å². The highest BCUT2D eigenvalue weighted by molar-refractivity contribution is 5.56. The molecule has 0 atom stereocenters. The number of allylic oxidation sites excluding steroid dienone is 1. The second-order valence-corrected chi connectivity index (χ2v) is 3.51. The molecule has 0 saturated carbocycles. The Morgan fingerprint density at radius 2 is 1.86 bits per heavy atom. The smallest absolute Gasteiger partial charge is 0.0682 e. The number of rotatable bonds is 3. The second kappa shape index (κ2) is 5.40. The predicted octanol–water partition coefficient (Wildman–Crippen LogP) is 3.03. The molecule has 14 heavy (non-hydrogen) atoms. The fraction of sp³-hybridized carbons (Fsp3) is 0.231.